The number of Topliss-reactive ketones (excluding diaryl/α,β-unsaturated/α-hetero) is 1. The SMILES string of the molecule is CC(=O)CC[C@@]12OC[C@H]3OC(C)(C)O[C@H]3[C@@H]1OC(C)(C)O2. The van der Waals surface area contributed by atoms with E-state index in [1.54, 1.807) is 6.92 Å². The predicted octanol–water partition coefficient (Wildman–Crippen LogP) is 1.75. The second-order valence-electron chi connectivity index (χ2n) is 7.00. The standard InChI is InChI=1S/C15H24O6/c1-9(16)6-7-15-12(20-14(4,5)21-15)11-10(8-17-15)18-13(2,3)19-11/h10-12H,6-8H2,1-5H3/t10-,11-,12+,15+/m1/s1. The van der Waals surface area contributed by atoms with E-state index >= 15 is 0 Å². The molecule has 0 saturated carbocycles. The van der Waals surface area contributed by atoms with Gasteiger partial charge in [-0.1, -0.05) is 0 Å². The van der Waals surface area contributed by atoms with Crippen molar-refractivity contribution in [2.45, 2.75) is 83.1 Å². The van der Waals surface area contributed by atoms with Crippen molar-refractivity contribution in [3.63, 3.8) is 0 Å². The van der Waals surface area contributed by atoms with Crippen LogP contribution in [0.25, 0.3) is 0 Å². The summed E-state index contributed by atoms with van der Waals surface area (Å²) < 4.78 is 29.9. The number of ketones is 1. The fraction of sp³-hybridized carbons (Fsp3) is 0.933. The molecule has 0 aromatic rings. The number of hydrogen-bond acceptors (Lipinski definition) is 6. The molecule has 3 aliphatic heterocycles. The first-order valence-electron chi connectivity index (χ1n) is 7.50. The smallest absolute Gasteiger partial charge is 0.201 e. The Morgan fingerprint density at radius 1 is 1.10 bits per heavy atom. The molecule has 6 nitrogen and oxygen atoms in total. The Kier molecular flexibility index (Phi) is 3.46. The summed E-state index contributed by atoms with van der Waals surface area (Å²) in [7, 11) is 0. The molecule has 6 heteroatoms. The van der Waals surface area contributed by atoms with E-state index in [0.29, 0.717) is 19.4 Å². The first-order chi connectivity index (χ1) is 9.63. The second kappa shape index (κ2) is 4.73. The molecule has 4 atom stereocenters. The summed E-state index contributed by atoms with van der Waals surface area (Å²) in [6.07, 6.45) is 0.0314. The highest BCUT2D eigenvalue weighted by atomic mass is 16.9. The largest absolute Gasteiger partial charge is 0.344 e. The van der Waals surface area contributed by atoms with Crippen LogP contribution in [0.4, 0.5) is 0 Å². The molecule has 0 aromatic carbocycles. The zero-order valence-corrected chi connectivity index (χ0v) is 13.3. The molecule has 0 radical (unpaired) electrons. The van der Waals surface area contributed by atoms with Gasteiger partial charge < -0.3 is 28.5 Å². The molecule has 0 N–H and O–H groups in total. The molecule has 120 valence electrons. The molecule has 0 spiro atoms. The highest BCUT2D eigenvalue weighted by molar-refractivity contribution is 5.75. The summed E-state index contributed by atoms with van der Waals surface area (Å²) in [6, 6.07) is 0. The van der Waals surface area contributed by atoms with Crippen molar-refractivity contribution in [1.29, 1.82) is 0 Å². The summed E-state index contributed by atoms with van der Waals surface area (Å²) >= 11 is 0. The molecule has 3 heterocycles. The molecule has 3 fully saturated rings. The Hall–Kier alpha value is -0.530. The third-order valence-electron chi connectivity index (χ3n) is 4.10. The van der Waals surface area contributed by atoms with Crippen LogP contribution in [0.15, 0.2) is 0 Å². The number of fused-ring (bicyclic) bond motifs is 3. The summed E-state index contributed by atoms with van der Waals surface area (Å²) in [5, 5.41) is 0. The lowest BCUT2D eigenvalue weighted by molar-refractivity contribution is -0.283. The fourth-order valence-electron chi connectivity index (χ4n) is 3.41. The first kappa shape index (κ1) is 15.4. The van der Waals surface area contributed by atoms with Gasteiger partial charge in [-0.3, -0.25) is 0 Å². The molecule has 3 rings (SSSR count). The van der Waals surface area contributed by atoms with Crippen LogP contribution in [0, 0.1) is 0 Å². The van der Waals surface area contributed by atoms with Gasteiger partial charge in [-0.15, -0.1) is 0 Å². The Balaban J connectivity index is 1.86. The van der Waals surface area contributed by atoms with Crippen LogP contribution in [0.2, 0.25) is 0 Å². The summed E-state index contributed by atoms with van der Waals surface area (Å²) in [6.45, 7) is 9.39. The second-order valence-corrected chi connectivity index (χ2v) is 7.00. The van der Waals surface area contributed by atoms with Crippen molar-refractivity contribution < 1.29 is 28.5 Å². The van der Waals surface area contributed by atoms with Crippen LogP contribution in [0.5, 0.6) is 0 Å². The number of carbonyl (C=O) groups excluding carboxylic acids is 1. The molecule has 0 amide bonds. The Morgan fingerprint density at radius 3 is 2.48 bits per heavy atom. The molecular formula is C15H24O6. The molecule has 0 aromatic heterocycles. The van der Waals surface area contributed by atoms with E-state index in [2.05, 4.69) is 0 Å². The van der Waals surface area contributed by atoms with Gasteiger partial charge in [0, 0.05) is 12.8 Å². The van der Waals surface area contributed by atoms with Crippen LogP contribution in [0.1, 0.15) is 47.5 Å². The van der Waals surface area contributed by atoms with Crippen LogP contribution in [-0.2, 0) is 28.5 Å². The van der Waals surface area contributed by atoms with E-state index in [9.17, 15) is 4.79 Å². The minimum absolute atomic E-state index is 0.103. The van der Waals surface area contributed by atoms with Crippen LogP contribution in [-0.4, -0.2) is 48.1 Å². The van der Waals surface area contributed by atoms with Crippen molar-refractivity contribution in [3.8, 4) is 0 Å². The third-order valence-corrected chi connectivity index (χ3v) is 4.10. The topological polar surface area (TPSA) is 63.2 Å². The minimum atomic E-state index is -0.930. The van der Waals surface area contributed by atoms with Gasteiger partial charge in [-0.05, 0) is 34.6 Å². The van der Waals surface area contributed by atoms with Crippen molar-refractivity contribution in [3.05, 3.63) is 0 Å². The molecule has 0 bridgehead atoms. The number of carbonyl (C=O) groups is 1. The Morgan fingerprint density at radius 2 is 1.81 bits per heavy atom. The molecule has 0 unspecified atom stereocenters. The third kappa shape index (κ3) is 2.75. The summed E-state index contributed by atoms with van der Waals surface area (Å²) in [5.74, 6) is -2.26. The van der Waals surface area contributed by atoms with E-state index in [1.807, 2.05) is 27.7 Å². The maximum atomic E-state index is 11.4. The monoisotopic (exact) mass is 300 g/mol. The Labute approximate surface area is 125 Å². The van der Waals surface area contributed by atoms with E-state index < -0.39 is 23.5 Å². The van der Waals surface area contributed by atoms with Crippen LogP contribution >= 0.6 is 0 Å². The van der Waals surface area contributed by atoms with Gasteiger partial charge in [-0.25, -0.2) is 0 Å². The highest BCUT2D eigenvalue weighted by Gasteiger charge is 2.64. The van der Waals surface area contributed by atoms with Crippen molar-refractivity contribution in [2.24, 2.45) is 0 Å². The quantitative estimate of drug-likeness (QED) is 0.791. The number of hydrogen-bond donors (Lipinski definition) is 0. The average Bonchev–Trinajstić information content (AvgIpc) is 2.78. The molecule has 3 saturated heterocycles. The predicted molar refractivity (Wildman–Crippen MR) is 72.5 cm³/mol. The first-order valence-corrected chi connectivity index (χ1v) is 7.50. The molecule has 3 aliphatic rings. The number of rotatable bonds is 3. The van der Waals surface area contributed by atoms with E-state index in [-0.39, 0.29) is 18.0 Å². The van der Waals surface area contributed by atoms with Gasteiger partial charge in [0.25, 0.3) is 0 Å². The van der Waals surface area contributed by atoms with E-state index in [4.69, 9.17) is 23.7 Å². The zero-order chi connectivity index (χ0) is 15.5. The van der Waals surface area contributed by atoms with Crippen molar-refractivity contribution in [2.75, 3.05) is 6.61 Å². The average molecular weight is 300 g/mol. The highest BCUT2D eigenvalue weighted by Crippen LogP contribution is 2.49. The van der Waals surface area contributed by atoms with Gasteiger partial charge >= 0.3 is 0 Å². The van der Waals surface area contributed by atoms with Gasteiger partial charge in [0.1, 0.15) is 24.1 Å². The van der Waals surface area contributed by atoms with Crippen LogP contribution < -0.4 is 0 Å². The zero-order valence-electron chi connectivity index (χ0n) is 13.3. The minimum Gasteiger partial charge on any atom is -0.344 e. The summed E-state index contributed by atoms with van der Waals surface area (Å²) in [4.78, 5) is 11.4. The summed E-state index contributed by atoms with van der Waals surface area (Å²) in [5.41, 5.74) is 0. The van der Waals surface area contributed by atoms with Gasteiger partial charge in [0.05, 0.1) is 6.61 Å². The molecule has 21 heavy (non-hydrogen) atoms. The van der Waals surface area contributed by atoms with E-state index in [0.717, 1.165) is 0 Å². The van der Waals surface area contributed by atoms with Gasteiger partial charge in [-0.2, -0.15) is 0 Å². The van der Waals surface area contributed by atoms with Crippen molar-refractivity contribution in [1.82, 2.24) is 0 Å². The van der Waals surface area contributed by atoms with Crippen molar-refractivity contribution >= 4 is 5.78 Å². The maximum absolute atomic E-state index is 11.4. The Bertz CT molecular complexity index is 445. The van der Waals surface area contributed by atoms with Gasteiger partial charge in [0.15, 0.2) is 11.6 Å². The van der Waals surface area contributed by atoms with E-state index in [1.165, 1.54) is 0 Å². The lowest BCUT2D eigenvalue weighted by Gasteiger charge is -2.40. The van der Waals surface area contributed by atoms with Crippen LogP contribution in [0.3, 0.4) is 0 Å². The normalized spacial score (nSPS) is 43.4. The maximum Gasteiger partial charge on any atom is 0.201 e. The molecular weight excluding hydrogens is 276 g/mol. The lowest BCUT2D eigenvalue weighted by atomic mass is 9.93. The molecule has 0 aliphatic carbocycles. The fourth-order valence-corrected chi connectivity index (χ4v) is 3.41. The van der Waals surface area contributed by atoms with Gasteiger partial charge in [0.2, 0.25) is 5.79 Å². The lowest BCUT2D eigenvalue weighted by Crippen LogP contribution is -2.58. The number of ether oxygens (including phenoxy) is 5.